The minimum Gasteiger partial charge on any atom is -0.476 e. The second-order valence-corrected chi connectivity index (χ2v) is 4.12. The highest BCUT2D eigenvalue weighted by atomic mass is 16.5. The Labute approximate surface area is 114 Å². The van der Waals surface area contributed by atoms with Gasteiger partial charge < -0.3 is 9.84 Å². The van der Waals surface area contributed by atoms with Crippen LogP contribution >= 0.6 is 0 Å². The van der Waals surface area contributed by atoms with E-state index in [2.05, 4.69) is 9.97 Å². The molecule has 0 saturated heterocycles. The van der Waals surface area contributed by atoms with Crippen LogP contribution < -0.4 is 4.74 Å². The third-order valence-electron chi connectivity index (χ3n) is 2.81. The van der Waals surface area contributed by atoms with Crippen molar-refractivity contribution < 1.29 is 14.6 Å². The Balaban J connectivity index is 1.95. The number of hydrogen-bond acceptors (Lipinski definition) is 4. The van der Waals surface area contributed by atoms with Crippen LogP contribution in [-0.4, -0.2) is 21.0 Å². The summed E-state index contributed by atoms with van der Waals surface area (Å²) < 4.78 is 5.66. The van der Waals surface area contributed by atoms with E-state index in [9.17, 15) is 4.79 Å². The first-order chi connectivity index (χ1) is 9.74. The highest BCUT2D eigenvalue weighted by Gasteiger charge is 2.07. The molecule has 0 aliphatic rings. The molecule has 0 radical (unpaired) electrons. The largest absolute Gasteiger partial charge is 0.476 e. The number of benzene rings is 2. The first kappa shape index (κ1) is 12.1. The van der Waals surface area contributed by atoms with E-state index < -0.39 is 5.97 Å². The normalized spacial score (nSPS) is 10.4. The van der Waals surface area contributed by atoms with Gasteiger partial charge in [-0.2, -0.15) is 0 Å². The third-order valence-corrected chi connectivity index (χ3v) is 2.81. The number of aromatic nitrogens is 2. The molecule has 0 fully saturated rings. The van der Waals surface area contributed by atoms with Crippen molar-refractivity contribution in [2.45, 2.75) is 0 Å². The van der Waals surface area contributed by atoms with Gasteiger partial charge in [0.15, 0.2) is 5.69 Å². The Kier molecular flexibility index (Phi) is 3.01. The fourth-order valence-corrected chi connectivity index (χ4v) is 1.88. The summed E-state index contributed by atoms with van der Waals surface area (Å²) in [7, 11) is 0. The summed E-state index contributed by atoms with van der Waals surface area (Å²) >= 11 is 0. The van der Waals surface area contributed by atoms with Crippen LogP contribution in [0.1, 0.15) is 10.5 Å². The molecular weight excluding hydrogens is 256 g/mol. The predicted molar refractivity (Wildman–Crippen MR) is 73.0 cm³/mol. The quantitative estimate of drug-likeness (QED) is 0.788. The van der Waals surface area contributed by atoms with E-state index in [-0.39, 0.29) is 11.6 Å². The standard InChI is InChI=1S/C15H10N2O3/c18-15(19)12-8-17-14(9-16-12)20-13-7-3-5-10-4-1-2-6-11(10)13/h1-9H,(H,18,19). The van der Waals surface area contributed by atoms with Crippen molar-refractivity contribution >= 4 is 16.7 Å². The molecular formula is C15H10N2O3. The Hall–Kier alpha value is -2.95. The number of aromatic carboxylic acids is 1. The molecule has 3 rings (SSSR count). The van der Waals surface area contributed by atoms with Crippen molar-refractivity contribution in [3.8, 4) is 11.6 Å². The maximum absolute atomic E-state index is 10.7. The summed E-state index contributed by atoms with van der Waals surface area (Å²) in [6.07, 6.45) is 2.47. The monoisotopic (exact) mass is 266 g/mol. The van der Waals surface area contributed by atoms with Crippen LogP contribution in [0.3, 0.4) is 0 Å². The number of ether oxygens (including phenoxy) is 1. The van der Waals surface area contributed by atoms with Gasteiger partial charge in [0.25, 0.3) is 0 Å². The van der Waals surface area contributed by atoms with Gasteiger partial charge >= 0.3 is 5.97 Å². The average molecular weight is 266 g/mol. The Morgan fingerprint density at radius 2 is 1.80 bits per heavy atom. The maximum atomic E-state index is 10.7. The highest BCUT2D eigenvalue weighted by molar-refractivity contribution is 5.88. The molecule has 0 aliphatic carbocycles. The number of fused-ring (bicyclic) bond motifs is 1. The minimum absolute atomic E-state index is 0.115. The summed E-state index contributed by atoms with van der Waals surface area (Å²) in [4.78, 5) is 18.4. The number of rotatable bonds is 3. The summed E-state index contributed by atoms with van der Waals surface area (Å²) in [5, 5.41) is 10.8. The lowest BCUT2D eigenvalue weighted by molar-refractivity contribution is 0.0690. The molecule has 0 aliphatic heterocycles. The van der Waals surface area contributed by atoms with Crippen LogP contribution in [0.15, 0.2) is 54.9 Å². The van der Waals surface area contributed by atoms with E-state index in [0.717, 1.165) is 10.8 Å². The highest BCUT2D eigenvalue weighted by Crippen LogP contribution is 2.28. The van der Waals surface area contributed by atoms with Crippen LogP contribution in [0.4, 0.5) is 0 Å². The summed E-state index contributed by atoms with van der Waals surface area (Å²) in [5.74, 6) is -0.207. The molecule has 3 aromatic rings. The molecule has 0 spiro atoms. The second kappa shape index (κ2) is 4.97. The van der Waals surface area contributed by atoms with Crippen LogP contribution in [-0.2, 0) is 0 Å². The van der Waals surface area contributed by atoms with E-state index in [1.807, 2.05) is 42.5 Å². The van der Waals surface area contributed by atoms with Crippen molar-refractivity contribution in [2.75, 3.05) is 0 Å². The van der Waals surface area contributed by atoms with Crippen LogP contribution in [0.5, 0.6) is 11.6 Å². The topological polar surface area (TPSA) is 72.3 Å². The molecule has 0 unspecified atom stereocenters. The van der Waals surface area contributed by atoms with Gasteiger partial charge in [-0.3, -0.25) is 0 Å². The zero-order valence-corrected chi connectivity index (χ0v) is 10.4. The van der Waals surface area contributed by atoms with Crippen LogP contribution in [0, 0.1) is 0 Å². The third kappa shape index (κ3) is 2.29. The van der Waals surface area contributed by atoms with Gasteiger partial charge in [0.2, 0.25) is 5.88 Å². The Bertz CT molecular complexity index is 764. The molecule has 1 N–H and O–H groups in total. The molecule has 0 bridgehead atoms. The van der Waals surface area contributed by atoms with Crippen molar-refractivity contribution in [1.82, 2.24) is 9.97 Å². The first-order valence-corrected chi connectivity index (χ1v) is 5.95. The van der Waals surface area contributed by atoms with Crippen molar-refractivity contribution in [3.63, 3.8) is 0 Å². The van der Waals surface area contributed by atoms with Crippen molar-refractivity contribution in [1.29, 1.82) is 0 Å². The summed E-state index contributed by atoms with van der Waals surface area (Å²) in [6.45, 7) is 0. The predicted octanol–water partition coefficient (Wildman–Crippen LogP) is 3.12. The van der Waals surface area contributed by atoms with Crippen molar-refractivity contribution in [3.05, 3.63) is 60.6 Å². The molecule has 5 nitrogen and oxygen atoms in total. The minimum atomic E-state index is -1.12. The van der Waals surface area contributed by atoms with Gasteiger partial charge in [0, 0.05) is 5.39 Å². The fraction of sp³-hybridized carbons (Fsp3) is 0. The summed E-state index contributed by atoms with van der Waals surface area (Å²) in [5.41, 5.74) is -0.115. The molecule has 1 aromatic heterocycles. The van der Waals surface area contributed by atoms with E-state index >= 15 is 0 Å². The maximum Gasteiger partial charge on any atom is 0.356 e. The van der Waals surface area contributed by atoms with Gasteiger partial charge in [-0.15, -0.1) is 0 Å². The number of carboxylic acids is 1. The number of hydrogen-bond donors (Lipinski definition) is 1. The second-order valence-electron chi connectivity index (χ2n) is 4.12. The lowest BCUT2D eigenvalue weighted by atomic mass is 10.1. The molecule has 0 saturated carbocycles. The van der Waals surface area contributed by atoms with Crippen molar-refractivity contribution in [2.24, 2.45) is 0 Å². The number of carboxylic acid groups (broad SMARTS) is 1. The molecule has 2 aromatic carbocycles. The van der Waals surface area contributed by atoms with Gasteiger partial charge in [-0.1, -0.05) is 36.4 Å². The zero-order valence-electron chi connectivity index (χ0n) is 10.4. The Morgan fingerprint density at radius 3 is 2.55 bits per heavy atom. The molecule has 98 valence electrons. The lowest BCUT2D eigenvalue weighted by Crippen LogP contribution is -2.01. The smallest absolute Gasteiger partial charge is 0.356 e. The summed E-state index contributed by atoms with van der Waals surface area (Å²) in [6, 6.07) is 13.5. The first-order valence-electron chi connectivity index (χ1n) is 5.95. The van der Waals surface area contributed by atoms with Crippen LogP contribution in [0.2, 0.25) is 0 Å². The molecule has 1 heterocycles. The molecule has 0 atom stereocenters. The van der Waals surface area contributed by atoms with Gasteiger partial charge in [0.05, 0.1) is 12.4 Å². The van der Waals surface area contributed by atoms with E-state index in [1.54, 1.807) is 0 Å². The van der Waals surface area contributed by atoms with E-state index in [1.165, 1.54) is 12.4 Å². The zero-order chi connectivity index (χ0) is 13.9. The Morgan fingerprint density at radius 1 is 1.00 bits per heavy atom. The van der Waals surface area contributed by atoms with Gasteiger partial charge in [-0.05, 0) is 11.5 Å². The molecule has 5 heteroatoms. The van der Waals surface area contributed by atoms with E-state index in [4.69, 9.17) is 9.84 Å². The number of carbonyl (C=O) groups is 1. The fourth-order valence-electron chi connectivity index (χ4n) is 1.88. The average Bonchev–Trinajstić information content (AvgIpc) is 2.48. The lowest BCUT2D eigenvalue weighted by Gasteiger charge is -2.07. The van der Waals surface area contributed by atoms with Crippen LogP contribution in [0.25, 0.3) is 10.8 Å². The molecule has 20 heavy (non-hydrogen) atoms. The van der Waals surface area contributed by atoms with E-state index in [0.29, 0.717) is 5.75 Å². The number of nitrogens with zero attached hydrogens (tertiary/aromatic N) is 2. The van der Waals surface area contributed by atoms with Gasteiger partial charge in [-0.25, -0.2) is 14.8 Å². The SMILES string of the molecule is O=C(O)c1cnc(Oc2cccc3ccccc23)cn1. The van der Waals surface area contributed by atoms with Gasteiger partial charge in [0.1, 0.15) is 5.75 Å². The molecule has 0 amide bonds.